The Balaban J connectivity index is 0.898. The van der Waals surface area contributed by atoms with Crippen LogP contribution >= 0.6 is 11.3 Å². The van der Waals surface area contributed by atoms with Crippen molar-refractivity contribution in [3.05, 3.63) is 81.7 Å². The van der Waals surface area contributed by atoms with Crippen LogP contribution in [0.1, 0.15) is 92.1 Å². The van der Waals surface area contributed by atoms with E-state index in [2.05, 4.69) is 36.0 Å². The van der Waals surface area contributed by atoms with E-state index in [4.69, 9.17) is 4.74 Å². The van der Waals surface area contributed by atoms with Crippen LogP contribution in [0.5, 0.6) is 5.75 Å². The minimum Gasteiger partial charge on any atom is -0.494 e. The Morgan fingerprint density at radius 2 is 1.82 bits per heavy atom. The van der Waals surface area contributed by atoms with Crippen LogP contribution in [0, 0.1) is 6.92 Å². The van der Waals surface area contributed by atoms with E-state index in [-0.39, 0.29) is 29.0 Å². The number of carbonyl (C=O) groups excluding carboxylic acids is 4. The standard InChI is InChI=1S/C40H48N8O7S2/c1-25-21-42-39(46-36(25)43-27-10-8-11-29(20-27)57(53,54)47-40(2,3)4)44-26-15-17-28(18-16-26)55-19-7-5-6-13-34(49)41-22-33-30-23-48(38(52)31(30)24-56-33)32-12-9-14-35(50)45-37(32)51/h8,10-11,15-18,20-21,24,32,47H,5-7,9,12-14,19,22-23H2,1-4H3,(H,41,49)(H,45,50,51)(H2,42,43,44,46)/t32-/m0/s1. The first-order chi connectivity index (χ1) is 27.1. The molecule has 0 saturated carbocycles. The average molecular weight is 817 g/mol. The van der Waals surface area contributed by atoms with Crippen LogP contribution in [-0.2, 0) is 37.5 Å². The smallest absolute Gasteiger partial charge is 0.256 e. The molecule has 4 aromatic rings. The lowest BCUT2D eigenvalue weighted by Gasteiger charge is -2.25. The van der Waals surface area contributed by atoms with Crippen molar-refractivity contribution in [2.45, 2.75) is 102 Å². The normalized spacial score (nSPS) is 15.8. The highest BCUT2D eigenvalue weighted by atomic mass is 32.2. The molecule has 57 heavy (non-hydrogen) atoms. The summed E-state index contributed by atoms with van der Waals surface area (Å²) in [7, 11) is -3.71. The Morgan fingerprint density at radius 1 is 1.04 bits per heavy atom. The van der Waals surface area contributed by atoms with E-state index >= 15 is 0 Å². The molecule has 2 aliphatic rings. The molecule has 0 radical (unpaired) electrons. The van der Waals surface area contributed by atoms with Crippen molar-refractivity contribution in [3.8, 4) is 5.75 Å². The Hall–Kier alpha value is -5.39. The van der Waals surface area contributed by atoms with Crippen molar-refractivity contribution in [1.29, 1.82) is 0 Å². The summed E-state index contributed by atoms with van der Waals surface area (Å²) in [6.07, 6.45) is 5.59. The van der Waals surface area contributed by atoms with E-state index in [1.165, 1.54) is 16.2 Å². The van der Waals surface area contributed by atoms with Gasteiger partial charge >= 0.3 is 0 Å². The van der Waals surface area contributed by atoms with Crippen molar-refractivity contribution in [2.24, 2.45) is 0 Å². The number of imide groups is 1. The van der Waals surface area contributed by atoms with E-state index in [0.29, 0.717) is 74.1 Å². The summed E-state index contributed by atoms with van der Waals surface area (Å²) in [4.78, 5) is 61.5. The first kappa shape index (κ1) is 41.2. The molecular formula is C40H48N8O7S2. The largest absolute Gasteiger partial charge is 0.494 e. The molecule has 6 rings (SSSR count). The van der Waals surface area contributed by atoms with Gasteiger partial charge in [-0.3, -0.25) is 24.5 Å². The summed E-state index contributed by atoms with van der Waals surface area (Å²) < 4.78 is 34.3. The summed E-state index contributed by atoms with van der Waals surface area (Å²) in [5.41, 5.74) is 2.89. The predicted octanol–water partition coefficient (Wildman–Crippen LogP) is 5.82. The van der Waals surface area contributed by atoms with Crippen LogP contribution in [-0.4, -0.2) is 65.1 Å². The maximum absolute atomic E-state index is 13.1. The van der Waals surface area contributed by atoms with Gasteiger partial charge in [-0.1, -0.05) is 6.07 Å². The molecule has 0 unspecified atom stereocenters. The van der Waals surface area contributed by atoms with Crippen LogP contribution in [0.3, 0.4) is 0 Å². The molecule has 2 aromatic carbocycles. The van der Waals surface area contributed by atoms with Crippen molar-refractivity contribution < 1.29 is 32.3 Å². The molecular weight excluding hydrogens is 769 g/mol. The molecule has 0 aliphatic carbocycles. The number of nitrogens with zero attached hydrogens (tertiary/aromatic N) is 3. The lowest BCUT2D eigenvalue weighted by molar-refractivity contribution is -0.132. The van der Waals surface area contributed by atoms with Crippen molar-refractivity contribution in [2.75, 3.05) is 17.2 Å². The van der Waals surface area contributed by atoms with Gasteiger partial charge in [0, 0.05) is 58.3 Å². The van der Waals surface area contributed by atoms with Crippen LogP contribution in [0.25, 0.3) is 0 Å². The number of ether oxygens (including phenoxy) is 1. The molecule has 1 fully saturated rings. The first-order valence-corrected chi connectivity index (χ1v) is 21.3. The molecule has 2 aromatic heterocycles. The van der Waals surface area contributed by atoms with Crippen LogP contribution in [0.4, 0.5) is 23.1 Å². The Kier molecular flexibility index (Phi) is 12.9. The molecule has 2 aliphatic heterocycles. The molecule has 0 spiro atoms. The number of thiophene rings is 1. The summed E-state index contributed by atoms with van der Waals surface area (Å²) in [6.45, 7) is 8.33. The summed E-state index contributed by atoms with van der Waals surface area (Å²) >= 11 is 1.43. The van der Waals surface area contributed by atoms with Gasteiger partial charge in [0.2, 0.25) is 33.7 Å². The lowest BCUT2D eigenvalue weighted by Crippen LogP contribution is -2.47. The molecule has 15 nitrogen and oxygen atoms in total. The highest BCUT2D eigenvalue weighted by molar-refractivity contribution is 7.89. The quantitative estimate of drug-likeness (QED) is 0.0675. The molecule has 4 amide bonds. The SMILES string of the molecule is Cc1cnc(Nc2ccc(OCCCCCC(=O)NCc3scc4c3CN([C@H]3CCCC(=O)NC3=O)C4=O)cc2)nc1Nc1cccc(S(=O)(=O)NC(C)(C)C)c1. The number of rotatable bonds is 16. The number of aryl methyl sites for hydroxylation is 1. The highest BCUT2D eigenvalue weighted by Gasteiger charge is 2.39. The zero-order valence-electron chi connectivity index (χ0n) is 32.4. The third kappa shape index (κ3) is 10.9. The third-order valence-electron chi connectivity index (χ3n) is 9.32. The van der Waals surface area contributed by atoms with E-state index in [1.807, 2.05) is 31.2 Å². The molecule has 1 atom stereocenters. The number of hydrogen-bond donors (Lipinski definition) is 5. The summed E-state index contributed by atoms with van der Waals surface area (Å²) in [6, 6.07) is 13.3. The number of carbonyl (C=O) groups is 4. The van der Waals surface area contributed by atoms with Gasteiger partial charge in [-0.15, -0.1) is 11.3 Å². The topological polar surface area (TPSA) is 201 Å². The second kappa shape index (κ2) is 17.8. The zero-order valence-corrected chi connectivity index (χ0v) is 34.1. The summed E-state index contributed by atoms with van der Waals surface area (Å²) in [5, 5.41) is 13.5. The number of aromatic nitrogens is 2. The number of nitrogens with one attached hydrogen (secondary N) is 5. The predicted molar refractivity (Wildman–Crippen MR) is 217 cm³/mol. The van der Waals surface area contributed by atoms with Gasteiger partial charge < -0.3 is 25.6 Å². The number of sulfonamides is 1. The monoisotopic (exact) mass is 816 g/mol. The fourth-order valence-electron chi connectivity index (χ4n) is 6.49. The minimum atomic E-state index is -3.71. The number of amides is 4. The summed E-state index contributed by atoms with van der Waals surface area (Å²) in [5.74, 6) is 0.565. The number of benzene rings is 2. The second-order valence-corrected chi connectivity index (χ2v) is 17.8. The van der Waals surface area contributed by atoms with E-state index in [9.17, 15) is 27.6 Å². The Morgan fingerprint density at radius 3 is 2.60 bits per heavy atom. The number of hydrogen-bond acceptors (Lipinski definition) is 12. The van der Waals surface area contributed by atoms with Crippen LogP contribution < -0.4 is 30.7 Å². The average Bonchev–Trinajstić information content (AvgIpc) is 3.65. The molecule has 17 heteroatoms. The van der Waals surface area contributed by atoms with Crippen molar-refractivity contribution >= 4 is 68.1 Å². The van der Waals surface area contributed by atoms with E-state index in [1.54, 1.807) is 56.6 Å². The fourth-order valence-corrected chi connectivity index (χ4v) is 8.93. The van der Waals surface area contributed by atoms with Gasteiger partial charge in [0.25, 0.3) is 5.91 Å². The highest BCUT2D eigenvalue weighted by Crippen LogP contribution is 2.34. The van der Waals surface area contributed by atoms with Gasteiger partial charge in [-0.25, -0.2) is 18.1 Å². The second-order valence-electron chi connectivity index (χ2n) is 15.1. The molecule has 0 bridgehead atoms. The van der Waals surface area contributed by atoms with Crippen LogP contribution in [0.2, 0.25) is 0 Å². The van der Waals surface area contributed by atoms with Crippen LogP contribution in [0.15, 0.2) is 65.0 Å². The Labute approximate surface area is 336 Å². The van der Waals surface area contributed by atoms with E-state index in [0.717, 1.165) is 34.5 Å². The van der Waals surface area contributed by atoms with Gasteiger partial charge in [0.15, 0.2) is 0 Å². The van der Waals surface area contributed by atoms with E-state index < -0.39 is 27.5 Å². The lowest BCUT2D eigenvalue weighted by atomic mass is 10.1. The number of unbranched alkanes of at least 4 members (excludes halogenated alkanes) is 2. The van der Waals surface area contributed by atoms with Gasteiger partial charge in [0.1, 0.15) is 17.6 Å². The maximum Gasteiger partial charge on any atom is 0.256 e. The molecule has 302 valence electrons. The van der Waals surface area contributed by atoms with Crippen molar-refractivity contribution in [1.82, 2.24) is 30.2 Å². The zero-order chi connectivity index (χ0) is 40.7. The number of anilines is 4. The first-order valence-electron chi connectivity index (χ1n) is 18.9. The van der Waals surface area contributed by atoms with Gasteiger partial charge in [0.05, 0.1) is 23.6 Å². The maximum atomic E-state index is 13.1. The third-order valence-corrected chi connectivity index (χ3v) is 12.1. The van der Waals surface area contributed by atoms with Crippen molar-refractivity contribution in [3.63, 3.8) is 0 Å². The van der Waals surface area contributed by atoms with Gasteiger partial charge in [-0.05, 0) is 108 Å². The number of fused-ring (bicyclic) bond motifs is 1. The molecule has 1 saturated heterocycles. The fraction of sp³-hybridized carbons (Fsp3) is 0.400. The molecule has 4 heterocycles. The minimum absolute atomic E-state index is 0.0710. The van der Waals surface area contributed by atoms with Gasteiger partial charge in [-0.2, -0.15) is 4.98 Å². The molecule has 5 N–H and O–H groups in total. The Bertz CT molecular complexity index is 2240.